The van der Waals surface area contributed by atoms with E-state index in [1.54, 1.807) is 0 Å². The highest BCUT2D eigenvalue weighted by atomic mass is 16.5. The number of rotatable bonds is 6. The molecule has 0 aliphatic carbocycles. The smallest absolute Gasteiger partial charge is 0.123 e. The lowest BCUT2D eigenvalue weighted by molar-refractivity contribution is -0.0699. The zero-order chi connectivity index (χ0) is 15.2. The van der Waals surface area contributed by atoms with E-state index < -0.39 is 0 Å². The van der Waals surface area contributed by atoms with Crippen molar-refractivity contribution in [1.29, 1.82) is 0 Å². The summed E-state index contributed by atoms with van der Waals surface area (Å²) in [5.74, 6) is 1.72. The first-order chi connectivity index (χ1) is 10.0. The predicted octanol–water partition coefficient (Wildman–Crippen LogP) is 2.96. The van der Waals surface area contributed by atoms with Crippen molar-refractivity contribution in [2.24, 2.45) is 0 Å². The molecule has 1 heterocycles. The molecular formula is C17H27NO3. The lowest BCUT2D eigenvalue weighted by Gasteiger charge is -2.35. The van der Waals surface area contributed by atoms with Crippen LogP contribution in [-0.4, -0.2) is 49.5 Å². The van der Waals surface area contributed by atoms with Crippen molar-refractivity contribution in [3.63, 3.8) is 0 Å². The molecule has 4 nitrogen and oxygen atoms in total. The minimum absolute atomic E-state index is 0.177. The molecule has 0 N–H and O–H groups in total. The molecule has 2 atom stereocenters. The highest BCUT2D eigenvalue weighted by Gasteiger charge is 2.21. The molecule has 1 aromatic carbocycles. The number of benzene rings is 1. The van der Waals surface area contributed by atoms with Crippen molar-refractivity contribution in [2.75, 3.05) is 26.2 Å². The molecule has 1 fully saturated rings. The highest BCUT2D eigenvalue weighted by molar-refractivity contribution is 5.33. The van der Waals surface area contributed by atoms with Gasteiger partial charge in [0.1, 0.15) is 18.1 Å². The van der Waals surface area contributed by atoms with Gasteiger partial charge in [0, 0.05) is 25.7 Å². The zero-order valence-corrected chi connectivity index (χ0v) is 13.5. The third-order valence-corrected chi connectivity index (χ3v) is 3.35. The van der Waals surface area contributed by atoms with Crippen LogP contribution in [0, 0.1) is 0 Å². The van der Waals surface area contributed by atoms with Crippen LogP contribution in [0.1, 0.15) is 27.7 Å². The third-order valence-electron chi connectivity index (χ3n) is 3.35. The Morgan fingerprint density at radius 3 is 2.52 bits per heavy atom. The number of hydrogen-bond acceptors (Lipinski definition) is 4. The van der Waals surface area contributed by atoms with Crippen molar-refractivity contribution < 1.29 is 14.2 Å². The van der Waals surface area contributed by atoms with Gasteiger partial charge in [0.25, 0.3) is 0 Å². The van der Waals surface area contributed by atoms with E-state index in [9.17, 15) is 0 Å². The maximum atomic E-state index is 5.84. The molecule has 0 aromatic heterocycles. The molecule has 0 bridgehead atoms. The summed E-state index contributed by atoms with van der Waals surface area (Å²) in [7, 11) is 0. The van der Waals surface area contributed by atoms with Crippen LogP contribution in [0.2, 0.25) is 0 Å². The average Bonchev–Trinajstić information content (AvgIpc) is 2.37. The Balaban J connectivity index is 1.78. The molecule has 0 amide bonds. The summed E-state index contributed by atoms with van der Waals surface area (Å²) in [4.78, 5) is 2.40. The van der Waals surface area contributed by atoms with Crippen LogP contribution in [0.3, 0.4) is 0 Å². The van der Waals surface area contributed by atoms with E-state index in [2.05, 4.69) is 18.7 Å². The molecule has 1 aromatic rings. The van der Waals surface area contributed by atoms with Crippen molar-refractivity contribution >= 4 is 0 Å². The SMILES string of the molecule is CC(C)Oc1cccc(OCCN2CC(C)OC(C)C2)c1. The summed E-state index contributed by atoms with van der Waals surface area (Å²) in [5, 5.41) is 0. The van der Waals surface area contributed by atoms with Crippen LogP contribution in [0.25, 0.3) is 0 Å². The van der Waals surface area contributed by atoms with Crippen LogP contribution in [0.15, 0.2) is 24.3 Å². The highest BCUT2D eigenvalue weighted by Crippen LogP contribution is 2.20. The van der Waals surface area contributed by atoms with Crippen LogP contribution in [0.5, 0.6) is 11.5 Å². The predicted molar refractivity (Wildman–Crippen MR) is 84.2 cm³/mol. The standard InChI is InChI=1S/C17H27NO3/c1-13(2)20-17-7-5-6-16(10-17)19-9-8-18-11-14(3)21-15(4)12-18/h5-7,10,13-15H,8-9,11-12H2,1-4H3. The fourth-order valence-corrected chi connectivity index (χ4v) is 2.67. The molecule has 118 valence electrons. The van der Waals surface area contributed by atoms with Gasteiger partial charge in [-0.3, -0.25) is 4.90 Å². The lowest BCUT2D eigenvalue weighted by atomic mass is 10.2. The first kappa shape index (κ1) is 16.1. The molecule has 1 aliphatic heterocycles. The summed E-state index contributed by atoms with van der Waals surface area (Å²) in [6, 6.07) is 7.84. The Bertz CT molecular complexity index is 426. The minimum Gasteiger partial charge on any atom is -0.492 e. The summed E-state index contributed by atoms with van der Waals surface area (Å²) < 4.78 is 17.2. The Hall–Kier alpha value is -1.26. The normalized spacial score (nSPS) is 23.3. The summed E-state index contributed by atoms with van der Waals surface area (Å²) in [5.41, 5.74) is 0. The maximum Gasteiger partial charge on any atom is 0.123 e. The largest absolute Gasteiger partial charge is 0.492 e. The third kappa shape index (κ3) is 5.56. The quantitative estimate of drug-likeness (QED) is 0.807. The molecule has 21 heavy (non-hydrogen) atoms. The van der Waals surface area contributed by atoms with Gasteiger partial charge >= 0.3 is 0 Å². The molecule has 0 spiro atoms. The zero-order valence-electron chi connectivity index (χ0n) is 13.5. The van der Waals surface area contributed by atoms with E-state index in [1.165, 1.54) is 0 Å². The van der Waals surface area contributed by atoms with E-state index in [-0.39, 0.29) is 6.10 Å². The van der Waals surface area contributed by atoms with E-state index in [4.69, 9.17) is 14.2 Å². The van der Waals surface area contributed by atoms with E-state index in [1.807, 2.05) is 38.1 Å². The van der Waals surface area contributed by atoms with Gasteiger partial charge in [-0.05, 0) is 39.8 Å². The molecule has 1 saturated heterocycles. The Kier molecular flexibility index (Phi) is 5.88. The molecule has 2 rings (SSSR count). The summed E-state index contributed by atoms with van der Waals surface area (Å²) >= 11 is 0. The number of ether oxygens (including phenoxy) is 3. The second-order valence-electron chi connectivity index (χ2n) is 6.01. The van der Waals surface area contributed by atoms with Crippen molar-refractivity contribution in [1.82, 2.24) is 4.90 Å². The number of morpholine rings is 1. The van der Waals surface area contributed by atoms with Gasteiger partial charge < -0.3 is 14.2 Å². The summed E-state index contributed by atoms with van der Waals surface area (Å²) in [6.45, 7) is 11.8. The Morgan fingerprint density at radius 1 is 1.19 bits per heavy atom. The molecule has 0 radical (unpaired) electrons. The van der Waals surface area contributed by atoms with Gasteiger partial charge in [0.05, 0.1) is 18.3 Å². The molecular weight excluding hydrogens is 266 g/mol. The van der Waals surface area contributed by atoms with Gasteiger partial charge in [0.2, 0.25) is 0 Å². The Morgan fingerprint density at radius 2 is 1.86 bits per heavy atom. The maximum absolute atomic E-state index is 5.84. The Labute approximate surface area is 128 Å². The van der Waals surface area contributed by atoms with Crippen LogP contribution in [-0.2, 0) is 4.74 Å². The topological polar surface area (TPSA) is 30.9 Å². The van der Waals surface area contributed by atoms with Gasteiger partial charge in [-0.25, -0.2) is 0 Å². The van der Waals surface area contributed by atoms with E-state index in [0.717, 1.165) is 31.1 Å². The minimum atomic E-state index is 0.177. The van der Waals surface area contributed by atoms with Crippen LogP contribution < -0.4 is 9.47 Å². The average molecular weight is 293 g/mol. The number of hydrogen-bond donors (Lipinski definition) is 0. The number of nitrogens with zero attached hydrogens (tertiary/aromatic N) is 1. The van der Waals surface area contributed by atoms with Crippen LogP contribution >= 0.6 is 0 Å². The second-order valence-corrected chi connectivity index (χ2v) is 6.01. The van der Waals surface area contributed by atoms with Gasteiger partial charge in [-0.1, -0.05) is 6.07 Å². The fraction of sp³-hybridized carbons (Fsp3) is 0.647. The fourth-order valence-electron chi connectivity index (χ4n) is 2.67. The van der Waals surface area contributed by atoms with E-state index >= 15 is 0 Å². The van der Waals surface area contributed by atoms with Gasteiger partial charge in [-0.2, -0.15) is 0 Å². The molecule has 0 saturated carbocycles. The second kappa shape index (κ2) is 7.66. The lowest BCUT2D eigenvalue weighted by Crippen LogP contribution is -2.46. The van der Waals surface area contributed by atoms with Crippen molar-refractivity contribution in [2.45, 2.75) is 46.0 Å². The van der Waals surface area contributed by atoms with Gasteiger partial charge in [-0.15, -0.1) is 0 Å². The van der Waals surface area contributed by atoms with Crippen molar-refractivity contribution in [3.8, 4) is 11.5 Å². The van der Waals surface area contributed by atoms with E-state index in [0.29, 0.717) is 18.8 Å². The van der Waals surface area contributed by atoms with Crippen molar-refractivity contribution in [3.05, 3.63) is 24.3 Å². The monoisotopic (exact) mass is 293 g/mol. The first-order valence-electron chi connectivity index (χ1n) is 7.80. The molecule has 2 unspecified atom stereocenters. The molecule has 1 aliphatic rings. The first-order valence-corrected chi connectivity index (χ1v) is 7.80. The summed E-state index contributed by atoms with van der Waals surface area (Å²) in [6.07, 6.45) is 0.782. The van der Waals surface area contributed by atoms with Gasteiger partial charge in [0.15, 0.2) is 0 Å². The molecule has 4 heteroatoms. The van der Waals surface area contributed by atoms with Crippen LogP contribution in [0.4, 0.5) is 0 Å².